The number of anilines is 2. The molecule has 0 bridgehead atoms. The summed E-state index contributed by atoms with van der Waals surface area (Å²) >= 11 is 0. The van der Waals surface area contributed by atoms with Crippen LogP contribution in [-0.2, 0) is 13.0 Å². The van der Waals surface area contributed by atoms with Crippen LogP contribution in [0, 0.1) is 6.92 Å². The molecule has 30 heavy (non-hydrogen) atoms. The minimum Gasteiger partial charge on any atom is -0.356 e. The van der Waals surface area contributed by atoms with Gasteiger partial charge in [-0.2, -0.15) is 0 Å². The molecule has 3 heterocycles. The van der Waals surface area contributed by atoms with E-state index in [4.69, 9.17) is 9.97 Å². The number of hydrogen-bond donors (Lipinski definition) is 1. The van der Waals surface area contributed by atoms with Crippen LogP contribution < -0.4 is 10.2 Å². The van der Waals surface area contributed by atoms with Crippen molar-refractivity contribution in [3.05, 3.63) is 59.5 Å². The zero-order valence-electron chi connectivity index (χ0n) is 17.4. The molecule has 3 aromatic rings. The van der Waals surface area contributed by atoms with E-state index in [2.05, 4.69) is 22.3 Å². The normalized spacial score (nSPS) is 16.4. The van der Waals surface area contributed by atoms with E-state index < -0.39 is 0 Å². The topological polar surface area (TPSA) is 61.4 Å². The van der Waals surface area contributed by atoms with Crippen LogP contribution in [0.15, 0.2) is 42.5 Å². The highest BCUT2D eigenvalue weighted by atomic mass is 16.2. The number of fused-ring (bicyclic) bond motifs is 2. The molecule has 154 valence electrons. The third-order valence-corrected chi connectivity index (χ3v) is 6.12. The molecule has 1 aromatic heterocycles. The van der Waals surface area contributed by atoms with Crippen LogP contribution in [0.2, 0.25) is 0 Å². The maximum atomic E-state index is 13.1. The second-order valence-corrected chi connectivity index (χ2v) is 8.20. The molecule has 0 unspecified atom stereocenters. The Morgan fingerprint density at radius 1 is 0.967 bits per heavy atom. The quantitative estimate of drug-likeness (QED) is 0.686. The number of urea groups is 1. The highest BCUT2D eigenvalue weighted by Gasteiger charge is 2.28. The van der Waals surface area contributed by atoms with Crippen molar-refractivity contribution in [3.8, 4) is 0 Å². The lowest BCUT2D eigenvalue weighted by molar-refractivity contribution is 0.206. The van der Waals surface area contributed by atoms with E-state index in [9.17, 15) is 4.79 Å². The third kappa shape index (κ3) is 3.58. The second kappa shape index (κ2) is 7.94. The standard InChI is InChI=1S/C24H27N5O/c1-17-25-22-12-15-29(16-20(22)23(26-17)28-13-5-2-6-14-28)24(30)27-21-11-7-9-18-8-3-4-10-19(18)21/h3-4,7-11H,2,5-6,12-16H2,1H3,(H,27,30). The van der Waals surface area contributed by atoms with Gasteiger partial charge in [0.1, 0.15) is 11.6 Å². The lowest BCUT2D eigenvalue weighted by Gasteiger charge is -2.34. The van der Waals surface area contributed by atoms with Gasteiger partial charge < -0.3 is 15.1 Å². The summed E-state index contributed by atoms with van der Waals surface area (Å²) in [6.45, 7) is 5.25. The van der Waals surface area contributed by atoms with Crippen molar-refractivity contribution in [2.24, 2.45) is 0 Å². The predicted molar refractivity (Wildman–Crippen MR) is 120 cm³/mol. The van der Waals surface area contributed by atoms with Gasteiger partial charge in [0.15, 0.2) is 0 Å². The van der Waals surface area contributed by atoms with E-state index in [-0.39, 0.29) is 6.03 Å². The first-order valence-corrected chi connectivity index (χ1v) is 10.8. The van der Waals surface area contributed by atoms with Crippen LogP contribution in [0.3, 0.4) is 0 Å². The van der Waals surface area contributed by atoms with Crippen molar-refractivity contribution in [2.45, 2.75) is 39.2 Å². The SMILES string of the molecule is Cc1nc2c(c(N3CCCCC3)n1)CN(C(=O)Nc1cccc3ccccc13)CC2. The predicted octanol–water partition coefficient (Wildman–Crippen LogP) is 4.52. The molecular formula is C24H27N5O. The molecule has 0 saturated carbocycles. The Bertz CT molecular complexity index is 1080. The molecule has 2 aromatic carbocycles. The van der Waals surface area contributed by atoms with Gasteiger partial charge in [0.2, 0.25) is 0 Å². The van der Waals surface area contributed by atoms with Gasteiger partial charge in [0.05, 0.1) is 17.9 Å². The summed E-state index contributed by atoms with van der Waals surface area (Å²) in [6, 6.07) is 14.1. The Hall–Kier alpha value is -3.15. The van der Waals surface area contributed by atoms with E-state index in [0.717, 1.165) is 58.9 Å². The Labute approximate surface area is 176 Å². The number of piperidine rings is 1. The maximum Gasteiger partial charge on any atom is 0.322 e. The Morgan fingerprint density at radius 2 is 1.77 bits per heavy atom. The zero-order chi connectivity index (χ0) is 20.5. The molecular weight excluding hydrogens is 374 g/mol. The highest BCUT2D eigenvalue weighted by molar-refractivity contribution is 6.01. The summed E-state index contributed by atoms with van der Waals surface area (Å²) in [7, 11) is 0. The van der Waals surface area contributed by atoms with Crippen LogP contribution in [0.1, 0.15) is 36.3 Å². The van der Waals surface area contributed by atoms with Crippen LogP contribution in [-0.4, -0.2) is 40.5 Å². The van der Waals surface area contributed by atoms with E-state index in [1.807, 2.05) is 42.2 Å². The number of nitrogens with zero attached hydrogens (tertiary/aromatic N) is 4. The summed E-state index contributed by atoms with van der Waals surface area (Å²) < 4.78 is 0. The monoisotopic (exact) mass is 401 g/mol. The maximum absolute atomic E-state index is 13.1. The fourth-order valence-corrected chi connectivity index (χ4v) is 4.59. The molecule has 6 nitrogen and oxygen atoms in total. The highest BCUT2D eigenvalue weighted by Crippen LogP contribution is 2.29. The summed E-state index contributed by atoms with van der Waals surface area (Å²) in [6.07, 6.45) is 4.44. The molecule has 1 N–H and O–H groups in total. The van der Waals surface area contributed by atoms with Gasteiger partial charge in [0.25, 0.3) is 0 Å². The zero-order valence-corrected chi connectivity index (χ0v) is 17.4. The van der Waals surface area contributed by atoms with Crippen LogP contribution in [0.25, 0.3) is 10.8 Å². The van der Waals surface area contributed by atoms with E-state index in [1.54, 1.807) is 0 Å². The molecule has 2 aliphatic heterocycles. The van der Waals surface area contributed by atoms with Crippen molar-refractivity contribution in [1.82, 2.24) is 14.9 Å². The molecule has 0 aliphatic carbocycles. The van der Waals surface area contributed by atoms with Crippen LogP contribution >= 0.6 is 0 Å². The first kappa shape index (κ1) is 18.9. The molecule has 0 atom stereocenters. The fraction of sp³-hybridized carbons (Fsp3) is 0.375. The average molecular weight is 402 g/mol. The molecule has 1 saturated heterocycles. The number of benzene rings is 2. The summed E-state index contributed by atoms with van der Waals surface area (Å²) in [5.74, 6) is 1.85. The largest absolute Gasteiger partial charge is 0.356 e. The number of rotatable bonds is 2. The minimum atomic E-state index is -0.0674. The van der Waals surface area contributed by atoms with Gasteiger partial charge in [0, 0.05) is 37.0 Å². The molecule has 5 rings (SSSR count). The smallest absolute Gasteiger partial charge is 0.322 e. The fourth-order valence-electron chi connectivity index (χ4n) is 4.59. The number of amides is 2. The number of nitrogens with one attached hydrogen (secondary N) is 1. The number of hydrogen-bond acceptors (Lipinski definition) is 4. The van der Waals surface area contributed by atoms with Crippen molar-refractivity contribution in [2.75, 3.05) is 29.9 Å². The van der Waals surface area contributed by atoms with E-state index in [1.165, 1.54) is 19.3 Å². The van der Waals surface area contributed by atoms with Gasteiger partial charge >= 0.3 is 6.03 Å². The van der Waals surface area contributed by atoms with Crippen molar-refractivity contribution in [1.29, 1.82) is 0 Å². The van der Waals surface area contributed by atoms with Crippen molar-refractivity contribution < 1.29 is 4.79 Å². The van der Waals surface area contributed by atoms with Crippen LogP contribution in [0.4, 0.5) is 16.3 Å². The first-order valence-electron chi connectivity index (χ1n) is 10.8. The van der Waals surface area contributed by atoms with E-state index in [0.29, 0.717) is 13.1 Å². The summed E-state index contributed by atoms with van der Waals surface area (Å²) in [5.41, 5.74) is 3.06. The van der Waals surface area contributed by atoms with Gasteiger partial charge in [-0.05, 0) is 37.6 Å². The van der Waals surface area contributed by atoms with Gasteiger partial charge in [-0.25, -0.2) is 14.8 Å². The van der Waals surface area contributed by atoms with Gasteiger partial charge in [-0.15, -0.1) is 0 Å². The molecule has 1 fully saturated rings. The Kier molecular flexibility index (Phi) is 4.99. The second-order valence-electron chi connectivity index (χ2n) is 8.20. The minimum absolute atomic E-state index is 0.0674. The van der Waals surface area contributed by atoms with Crippen LogP contribution in [0.5, 0.6) is 0 Å². The van der Waals surface area contributed by atoms with Gasteiger partial charge in [-0.3, -0.25) is 0 Å². The first-order chi connectivity index (χ1) is 14.7. The Balaban J connectivity index is 1.40. The molecule has 6 heteroatoms. The molecule has 0 spiro atoms. The lowest BCUT2D eigenvalue weighted by atomic mass is 10.0. The molecule has 0 radical (unpaired) electrons. The lowest BCUT2D eigenvalue weighted by Crippen LogP contribution is -2.41. The molecule has 2 aliphatic rings. The van der Waals surface area contributed by atoms with Crippen molar-refractivity contribution in [3.63, 3.8) is 0 Å². The van der Waals surface area contributed by atoms with Crippen molar-refractivity contribution >= 4 is 28.3 Å². The summed E-state index contributed by atoms with van der Waals surface area (Å²) in [5, 5.41) is 5.30. The summed E-state index contributed by atoms with van der Waals surface area (Å²) in [4.78, 5) is 26.9. The van der Waals surface area contributed by atoms with E-state index >= 15 is 0 Å². The number of aryl methyl sites for hydroxylation is 1. The average Bonchev–Trinajstić information content (AvgIpc) is 2.79. The Morgan fingerprint density at radius 3 is 2.63 bits per heavy atom. The number of aromatic nitrogens is 2. The van der Waals surface area contributed by atoms with Gasteiger partial charge in [-0.1, -0.05) is 36.4 Å². The number of carbonyl (C=O) groups excluding carboxylic acids is 1. The third-order valence-electron chi connectivity index (χ3n) is 6.12. The number of carbonyl (C=O) groups is 1. The molecule has 2 amide bonds.